The van der Waals surface area contributed by atoms with Gasteiger partial charge in [0, 0.05) is 29.5 Å². The first-order valence-corrected chi connectivity index (χ1v) is 13.7. The van der Waals surface area contributed by atoms with E-state index in [2.05, 4.69) is 20.0 Å². The summed E-state index contributed by atoms with van der Waals surface area (Å²) in [6.07, 6.45) is -0.850. The smallest absolute Gasteiger partial charge is 0.396 e. The highest BCUT2D eigenvalue weighted by Crippen LogP contribution is 2.35. The zero-order valence-corrected chi connectivity index (χ0v) is 21.3. The van der Waals surface area contributed by atoms with Gasteiger partial charge in [0.1, 0.15) is 11.3 Å². The Hall–Kier alpha value is -3.90. The van der Waals surface area contributed by atoms with Gasteiger partial charge < -0.3 is 15.4 Å². The number of rotatable bonds is 7. The number of sulfonamides is 1. The number of aromatic nitrogens is 2. The van der Waals surface area contributed by atoms with Crippen molar-refractivity contribution < 1.29 is 31.5 Å². The number of benzene rings is 2. The topological polar surface area (TPSA) is 124 Å². The fraction of sp³-hybridized carbons (Fsp3) is 0.259. The van der Waals surface area contributed by atoms with E-state index in [0.29, 0.717) is 34.3 Å². The van der Waals surface area contributed by atoms with E-state index in [1.54, 1.807) is 12.1 Å². The molecule has 0 saturated heterocycles. The molecule has 0 spiro atoms. The average molecular weight is 559 g/mol. The van der Waals surface area contributed by atoms with Crippen LogP contribution in [-0.2, 0) is 16.2 Å². The van der Waals surface area contributed by atoms with E-state index < -0.39 is 21.8 Å². The molecule has 204 valence electrons. The number of nitrogens with zero attached hydrogens (tertiary/aromatic N) is 1. The van der Waals surface area contributed by atoms with E-state index in [4.69, 9.17) is 0 Å². The molecule has 2 heterocycles. The Kier molecular flexibility index (Phi) is 7.08. The number of H-pyrrole nitrogens is 1. The standard InChI is InChI=1S/C27H25F3N4O4S/c28-27(29,30)18-9-11-20(12-10-18)39(37,38)34-19-13-21-23(16-5-2-1-3-6-16)24(33-25(21)31-14-19)26(36)32-22-8-4-7-17(22)15-35/h1-3,5-6,9-14,17,22,34-35H,4,7-8,15H2,(H,31,33)(H,32,36)/t17?,22-/m0/s1. The van der Waals surface area contributed by atoms with Crippen LogP contribution in [0.2, 0.25) is 0 Å². The fourth-order valence-corrected chi connectivity index (χ4v) is 5.96. The minimum atomic E-state index is -4.59. The van der Waals surface area contributed by atoms with Crippen molar-refractivity contribution in [3.63, 3.8) is 0 Å². The van der Waals surface area contributed by atoms with Gasteiger partial charge in [0.15, 0.2) is 0 Å². The van der Waals surface area contributed by atoms with E-state index in [9.17, 15) is 31.5 Å². The first-order chi connectivity index (χ1) is 18.6. The predicted octanol–water partition coefficient (Wildman–Crippen LogP) is 4.94. The third-order valence-corrected chi connectivity index (χ3v) is 8.29. The van der Waals surface area contributed by atoms with Crippen molar-refractivity contribution in [2.75, 3.05) is 11.3 Å². The van der Waals surface area contributed by atoms with Crippen molar-refractivity contribution in [3.8, 4) is 11.1 Å². The third-order valence-electron chi connectivity index (χ3n) is 6.89. The van der Waals surface area contributed by atoms with Crippen LogP contribution in [0.1, 0.15) is 35.3 Å². The number of aromatic amines is 1. The number of carbonyl (C=O) groups is 1. The van der Waals surface area contributed by atoms with Crippen LogP contribution >= 0.6 is 0 Å². The molecule has 1 aliphatic rings. The number of halogens is 3. The van der Waals surface area contributed by atoms with Gasteiger partial charge in [-0.1, -0.05) is 36.8 Å². The lowest BCUT2D eigenvalue weighted by atomic mass is 10.0. The summed E-state index contributed by atoms with van der Waals surface area (Å²) in [6, 6.07) is 13.6. The number of nitrogens with one attached hydrogen (secondary N) is 3. The second-order valence-corrected chi connectivity index (χ2v) is 11.1. The number of anilines is 1. The summed E-state index contributed by atoms with van der Waals surface area (Å²) in [4.78, 5) is 20.4. The zero-order valence-electron chi connectivity index (χ0n) is 20.5. The molecule has 4 aromatic rings. The van der Waals surface area contributed by atoms with Gasteiger partial charge in [-0.2, -0.15) is 13.2 Å². The van der Waals surface area contributed by atoms with Crippen LogP contribution in [-0.4, -0.2) is 42.0 Å². The molecule has 0 aliphatic heterocycles. The van der Waals surface area contributed by atoms with E-state index in [-0.39, 0.29) is 40.8 Å². The van der Waals surface area contributed by atoms with E-state index in [1.165, 1.54) is 12.3 Å². The second kappa shape index (κ2) is 10.3. The Balaban J connectivity index is 1.50. The number of hydrogen-bond acceptors (Lipinski definition) is 5. The second-order valence-electron chi connectivity index (χ2n) is 9.44. The van der Waals surface area contributed by atoms with Gasteiger partial charge in [-0.05, 0) is 48.7 Å². The summed E-state index contributed by atoms with van der Waals surface area (Å²) in [5.41, 5.74) is 0.921. The normalized spacial score (nSPS) is 17.8. The maximum absolute atomic E-state index is 13.4. The Bertz CT molecular complexity index is 1600. The summed E-state index contributed by atoms with van der Waals surface area (Å²) >= 11 is 0. The molecule has 12 heteroatoms. The average Bonchev–Trinajstić information content (AvgIpc) is 3.52. The van der Waals surface area contributed by atoms with Crippen LogP contribution in [0.15, 0.2) is 71.8 Å². The highest BCUT2D eigenvalue weighted by molar-refractivity contribution is 7.92. The number of aliphatic hydroxyl groups excluding tert-OH is 1. The Labute approximate surface area is 222 Å². The summed E-state index contributed by atoms with van der Waals surface area (Å²) in [7, 11) is -4.23. The summed E-state index contributed by atoms with van der Waals surface area (Å²) in [5, 5.41) is 13.1. The number of fused-ring (bicyclic) bond motifs is 1. The highest BCUT2D eigenvalue weighted by atomic mass is 32.2. The van der Waals surface area contributed by atoms with Crippen molar-refractivity contribution in [1.29, 1.82) is 0 Å². The minimum Gasteiger partial charge on any atom is -0.396 e. The van der Waals surface area contributed by atoms with Gasteiger partial charge in [0.2, 0.25) is 0 Å². The molecule has 1 saturated carbocycles. The Morgan fingerprint density at radius 3 is 2.46 bits per heavy atom. The highest BCUT2D eigenvalue weighted by Gasteiger charge is 2.31. The lowest BCUT2D eigenvalue weighted by Crippen LogP contribution is -2.38. The predicted molar refractivity (Wildman–Crippen MR) is 139 cm³/mol. The maximum atomic E-state index is 13.4. The zero-order chi connectivity index (χ0) is 27.8. The molecule has 2 atom stereocenters. The molecular weight excluding hydrogens is 533 g/mol. The molecule has 1 amide bonds. The van der Waals surface area contributed by atoms with E-state index >= 15 is 0 Å². The number of pyridine rings is 1. The van der Waals surface area contributed by atoms with Gasteiger partial charge in [0.25, 0.3) is 15.9 Å². The maximum Gasteiger partial charge on any atom is 0.416 e. The molecule has 1 unspecified atom stereocenters. The summed E-state index contributed by atoms with van der Waals surface area (Å²) < 4.78 is 66.8. The molecule has 2 aromatic heterocycles. The van der Waals surface area contributed by atoms with Crippen molar-refractivity contribution in [2.45, 2.75) is 36.4 Å². The number of carbonyl (C=O) groups excluding carboxylic acids is 1. The lowest BCUT2D eigenvalue weighted by molar-refractivity contribution is -0.137. The quantitative estimate of drug-likeness (QED) is 0.256. The largest absolute Gasteiger partial charge is 0.416 e. The van der Waals surface area contributed by atoms with Gasteiger partial charge >= 0.3 is 6.18 Å². The van der Waals surface area contributed by atoms with Gasteiger partial charge in [-0.3, -0.25) is 9.52 Å². The van der Waals surface area contributed by atoms with Crippen LogP contribution in [0.4, 0.5) is 18.9 Å². The monoisotopic (exact) mass is 558 g/mol. The Morgan fingerprint density at radius 2 is 1.79 bits per heavy atom. The number of aliphatic hydroxyl groups is 1. The summed E-state index contributed by atoms with van der Waals surface area (Å²) in [5.74, 6) is -0.396. The molecule has 2 aromatic carbocycles. The fourth-order valence-electron chi connectivity index (χ4n) is 4.92. The van der Waals surface area contributed by atoms with Crippen molar-refractivity contribution in [1.82, 2.24) is 15.3 Å². The Morgan fingerprint density at radius 1 is 1.08 bits per heavy atom. The lowest BCUT2D eigenvalue weighted by Gasteiger charge is -2.19. The number of alkyl halides is 3. The van der Waals surface area contributed by atoms with Crippen LogP contribution in [0.25, 0.3) is 22.2 Å². The van der Waals surface area contributed by atoms with Gasteiger partial charge in [-0.25, -0.2) is 13.4 Å². The number of amides is 1. The SMILES string of the molecule is O=C(N[C@H]1CCCC1CO)c1[nH]c2ncc(NS(=O)(=O)c3ccc(C(F)(F)F)cc3)cc2c1-c1ccccc1. The third kappa shape index (κ3) is 5.48. The van der Waals surface area contributed by atoms with Crippen LogP contribution < -0.4 is 10.0 Å². The van der Waals surface area contributed by atoms with Crippen LogP contribution in [0, 0.1) is 5.92 Å². The van der Waals surface area contributed by atoms with E-state index in [0.717, 1.165) is 31.4 Å². The molecule has 1 fully saturated rings. The van der Waals surface area contributed by atoms with Gasteiger partial charge in [0.05, 0.1) is 22.3 Å². The molecular formula is C27H25F3N4O4S. The molecule has 8 nitrogen and oxygen atoms in total. The molecule has 0 bridgehead atoms. The van der Waals surface area contributed by atoms with Crippen LogP contribution in [0.3, 0.4) is 0 Å². The van der Waals surface area contributed by atoms with Crippen molar-refractivity contribution >= 4 is 32.7 Å². The van der Waals surface area contributed by atoms with Crippen molar-refractivity contribution in [3.05, 3.63) is 78.1 Å². The van der Waals surface area contributed by atoms with Crippen molar-refractivity contribution in [2.24, 2.45) is 5.92 Å². The molecule has 39 heavy (non-hydrogen) atoms. The first kappa shape index (κ1) is 26.7. The molecule has 0 radical (unpaired) electrons. The minimum absolute atomic E-state index is 0.0207. The first-order valence-electron chi connectivity index (χ1n) is 12.3. The number of hydrogen-bond donors (Lipinski definition) is 4. The molecule has 4 N–H and O–H groups in total. The molecule has 1 aliphatic carbocycles. The summed E-state index contributed by atoms with van der Waals surface area (Å²) in [6.45, 7) is -0.0207. The van der Waals surface area contributed by atoms with E-state index in [1.807, 2.05) is 18.2 Å². The van der Waals surface area contributed by atoms with Crippen LogP contribution in [0.5, 0.6) is 0 Å². The van der Waals surface area contributed by atoms with Gasteiger partial charge in [-0.15, -0.1) is 0 Å². The molecule has 5 rings (SSSR count).